The molecule has 1 aromatic rings. The Morgan fingerprint density at radius 2 is 1.86 bits per heavy atom. The first-order valence-electron chi connectivity index (χ1n) is 7.02. The maximum absolute atomic E-state index is 12.5. The molecule has 0 saturated carbocycles. The van der Waals surface area contributed by atoms with Crippen molar-refractivity contribution < 1.29 is 18.6 Å². The summed E-state index contributed by atoms with van der Waals surface area (Å²) < 4.78 is 26.1. The normalized spacial score (nSPS) is 13.6. The van der Waals surface area contributed by atoms with Crippen LogP contribution in [0.4, 0.5) is 0 Å². The lowest BCUT2D eigenvalue weighted by Crippen LogP contribution is -2.36. The van der Waals surface area contributed by atoms with Gasteiger partial charge >= 0.3 is 0 Å². The van der Waals surface area contributed by atoms with Gasteiger partial charge in [0, 0.05) is 19.1 Å². The van der Waals surface area contributed by atoms with Crippen molar-refractivity contribution in [3.8, 4) is 0 Å². The van der Waals surface area contributed by atoms with Crippen molar-refractivity contribution in [3.05, 3.63) is 29.8 Å². The molecule has 0 aliphatic rings. The van der Waals surface area contributed by atoms with Gasteiger partial charge in [0.2, 0.25) is 10.0 Å². The van der Waals surface area contributed by atoms with E-state index in [4.69, 9.17) is 10.2 Å². The Hall–Kier alpha value is -0.990. The van der Waals surface area contributed by atoms with Crippen LogP contribution in [0.2, 0.25) is 0 Å². The average molecular weight is 316 g/mol. The van der Waals surface area contributed by atoms with Crippen LogP contribution in [0.3, 0.4) is 0 Å². The molecular formula is C14H24N2O4S. The highest BCUT2D eigenvalue weighted by molar-refractivity contribution is 7.89. The molecule has 6 nitrogen and oxygen atoms in total. The van der Waals surface area contributed by atoms with Gasteiger partial charge in [0.15, 0.2) is 0 Å². The number of rotatable bonds is 9. The molecule has 0 heterocycles. The summed E-state index contributed by atoms with van der Waals surface area (Å²) in [5.74, 6) is 0. The molecule has 0 bridgehead atoms. The minimum absolute atomic E-state index is 0.0319. The van der Waals surface area contributed by atoms with Crippen molar-refractivity contribution in [1.29, 1.82) is 0 Å². The van der Waals surface area contributed by atoms with E-state index in [0.29, 0.717) is 0 Å². The van der Waals surface area contributed by atoms with Crippen molar-refractivity contribution in [3.63, 3.8) is 0 Å². The standard InChI is InChI=1S/C14H24N2O4S/c1-3-15-12(2)13-5-4-6-14(11-13)21(19,20)16(7-9-17)8-10-18/h4-6,11-12,15,17-18H,3,7-10H2,1-2H3. The second-order valence-electron chi connectivity index (χ2n) is 4.70. The van der Waals surface area contributed by atoms with Crippen LogP contribution in [-0.4, -0.2) is 55.8 Å². The Labute approximate surface area is 126 Å². The monoisotopic (exact) mass is 316 g/mol. The molecule has 0 radical (unpaired) electrons. The first-order chi connectivity index (χ1) is 9.97. The number of benzene rings is 1. The zero-order valence-corrected chi connectivity index (χ0v) is 13.3. The predicted molar refractivity (Wildman–Crippen MR) is 81.5 cm³/mol. The van der Waals surface area contributed by atoms with E-state index in [1.807, 2.05) is 19.9 Å². The van der Waals surface area contributed by atoms with Crippen LogP contribution in [0.5, 0.6) is 0 Å². The zero-order chi connectivity index (χ0) is 15.9. The molecule has 1 rings (SSSR count). The summed E-state index contributed by atoms with van der Waals surface area (Å²) in [5.41, 5.74) is 0.880. The fraction of sp³-hybridized carbons (Fsp3) is 0.571. The molecule has 3 N–H and O–H groups in total. The molecule has 120 valence electrons. The summed E-state index contributed by atoms with van der Waals surface area (Å²) in [4.78, 5) is 0.173. The van der Waals surface area contributed by atoms with Gasteiger partial charge in [0.1, 0.15) is 0 Å². The van der Waals surface area contributed by atoms with E-state index in [-0.39, 0.29) is 37.2 Å². The molecule has 7 heteroatoms. The van der Waals surface area contributed by atoms with Crippen molar-refractivity contribution in [2.75, 3.05) is 32.8 Å². The highest BCUT2D eigenvalue weighted by Crippen LogP contribution is 2.20. The second-order valence-corrected chi connectivity index (χ2v) is 6.64. The summed E-state index contributed by atoms with van der Waals surface area (Å²) in [6.45, 7) is 4.11. The first kappa shape index (κ1) is 18.1. The van der Waals surface area contributed by atoms with Gasteiger partial charge < -0.3 is 15.5 Å². The lowest BCUT2D eigenvalue weighted by molar-refractivity contribution is 0.217. The number of hydrogen-bond donors (Lipinski definition) is 3. The second kappa shape index (κ2) is 8.45. The number of aliphatic hydroxyl groups excluding tert-OH is 2. The molecule has 0 aromatic heterocycles. The van der Waals surface area contributed by atoms with Crippen LogP contribution in [-0.2, 0) is 10.0 Å². The fourth-order valence-corrected chi connectivity index (χ4v) is 3.57. The Morgan fingerprint density at radius 3 is 2.38 bits per heavy atom. The topological polar surface area (TPSA) is 89.9 Å². The maximum atomic E-state index is 12.5. The third-order valence-electron chi connectivity index (χ3n) is 3.20. The number of nitrogens with zero attached hydrogens (tertiary/aromatic N) is 1. The summed E-state index contributed by atoms with van der Waals surface area (Å²) in [6.07, 6.45) is 0. The molecule has 0 aliphatic heterocycles. The molecule has 0 aliphatic carbocycles. The van der Waals surface area contributed by atoms with Crippen LogP contribution >= 0.6 is 0 Å². The van der Waals surface area contributed by atoms with Crippen molar-refractivity contribution in [2.24, 2.45) is 0 Å². The Morgan fingerprint density at radius 1 is 1.24 bits per heavy atom. The average Bonchev–Trinajstić information content (AvgIpc) is 2.47. The lowest BCUT2D eigenvalue weighted by atomic mass is 10.1. The molecule has 0 amide bonds. The van der Waals surface area contributed by atoms with E-state index in [2.05, 4.69) is 5.32 Å². The van der Waals surface area contributed by atoms with E-state index >= 15 is 0 Å². The summed E-state index contributed by atoms with van der Waals surface area (Å²) in [5, 5.41) is 21.2. The third-order valence-corrected chi connectivity index (χ3v) is 5.10. The highest BCUT2D eigenvalue weighted by atomic mass is 32.2. The summed E-state index contributed by atoms with van der Waals surface area (Å²) in [7, 11) is -3.71. The smallest absolute Gasteiger partial charge is 0.243 e. The Balaban J connectivity index is 3.09. The van der Waals surface area contributed by atoms with Crippen molar-refractivity contribution in [2.45, 2.75) is 24.8 Å². The third kappa shape index (κ3) is 4.76. The summed E-state index contributed by atoms with van der Waals surface area (Å²) >= 11 is 0. The van der Waals surface area contributed by atoms with Crippen LogP contribution in [0.1, 0.15) is 25.5 Å². The molecule has 1 atom stereocenters. The minimum atomic E-state index is -3.71. The first-order valence-corrected chi connectivity index (χ1v) is 8.46. The molecule has 1 aromatic carbocycles. The van der Waals surface area contributed by atoms with Gasteiger partial charge in [-0.1, -0.05) is 19.1 Å². The van der Waals surface area contributed by atoms with E-state index in [1.54, 1.807) is 12.1 Å². The number of aliphatic hydroxyl groups is 2. The van der Waals surface area contributed by atoms with Crippen molar-refractivity contribution in [1.82, 2.24) is 9.62 Å². The van der Waals surface area contributed by atoms with Gasteiger partial charge in [-0.15, -0.1) is 0 Å². The number of nitrogens with one attached hydrogen (secondary N) is 1. The maximum Gasteiger partial charge on any atom is 0.243 e. The molecule has 1 unspecified atom stereocenters. The van der Waals surface area contributed by atoms with E-state index in [9.17, 15) is 8.42 Å². The minimum Gasteiger partial charge on any atom is -0.395 e. The molecule has 21 heavy (non-hydrogen) atoms. The van der Waals surface area contributed by atoms with Gasteiger partial charge in [0.25, 0.3) is 0 Å². The van der Waals surface area contributed by atoms with Crippen molar-refractivity contribution >= 4 is 10.0 Å². The number of sulfonamides is 1. The van der Waals surface area contributed by atoms with Crippen LogP contribution < -0.4 is 5.32 Å². The highest BCUT2D eigenvalue weighted by Gasteiger charge is 2.24. The van der Waals surface area contributed by atoms with Gasteiger partial charge in [-0.2, -0.15) is 4.31 Å². The van der Waals surface area contributed by atoms with E-state index < -0.39 is 10.0 Å². The van der Waals surface area contributed by atoms with E-state index in [0.717, 1.165) is 16.4 Å². The summed E-state index contributed by atoms with van der Waals surface area (Å²) in [6, 6.07) is 6.78. The van der Waals surface area contributed by atoms with Gasteiger partial charge in [-0.3, -0.25) is 0 Å². The van der Waals surface area contributed by atoms with Crippen LogP contribution in [0.25, 0.3) is 0 Å². The molecular weight excluding hydrogens is 292 g/mol. The molecule has 0 spiro atoms. The van der Waals surface area contributed by atoms with E-state index in [1.165, 1.54) is 6.07 Å². The SMILES string of the molecule is CCNC(C)c1cccc(S(=O)(=O)N(CCO)CCO)c1. The Kier molecular flexibility index (Phi) is 7.27. The zero-order valence-electron chi connectivity index (χ0n) is 12.5. The molecule has 0 fully saturated rings. The van der Waals surface area contributed by atoms with Gasteiger partial charge in [-0.25, -0.2) is 8.42 Å². The fourth-order valence-electron chi connectivity index (χ4n) is 2.09. The quantitative estimate of drug-likeness (QED) is 0.611. The van der Waals surface area contributed by atoms with Gasteiger partial charge in [-0.05, 0) is 31.2 Å². The predicted octanol–water partition coefficient (Wildman–Crippen LogP) is 0.332. The van der Waals surface area contributed by atoms with Gasteiger partial charge in [0.05, 0.1) is 18.1 Å². The Bertz CT molecular complexity index is 528. The lowest BCUT2D eigenvalue weighted by Gasteiger charge is -2.21. The number of hydrogen-bond acceptors (Lipinski definition) is 5. The van der Waals surface area contributed by atoms with Crippen LogP contribution in [0.15, 0.2) is 29.2 Å². The van der Waals surface area contributed by atoms with Crippen LogP contribution in [0, 0.1) is 0 Å². The largest absolute Gasteiger partial charge is 0.395 e. The molecule has 0 saturated heterocycles.